The molecule has 0 aromatic rings. The van der Waals surface area contributed by atoms with Gasteiger partial charge in [0.05, 0.1) is 6.10 Å². The van der Waals surface area contributed by atoms with Crippen molar-refractivity contribution >= 4 is 0 Å². The Kier molecular flexibility index (Phi) is 3.65. The molecule has 3 rings (SSSR count). The summed E-state index contributed by atoms with van der Waals surface area (Å²) in [5.74, 6) is 0.917. The number of methoxy groups -OCH3 is 1. The van der Waals surface area contributed by atoms with E-state index in [-0.39, 0.29) is 0 Å². The van der Waals surface area contributed by atoms with Gasteiger partial charge in [-0.25, -0.2) is 0 Å². The molecular weight excluding hydrogens is 224 g/mol. The summed E-state index contributed by atoms with van der Waals surface area (Å²) in [5, 5.41) is 3.82. The molecule has 2 saturated carbocycles. The first kappa shape index (κ1) is 12.9. The average molecular weight is 252 g/mol. The zero-order valence-corrected chi connectivity index (χ0v) is 12.0. The van der Waals surface area contributed by atoms with Crippen LogP contribution in [0, 0.1) is 5.92 Å². The maximum absolute atomic E-state index is 5.70. The maximum Gasteiger partial charge on any atom is 0.0726 e. The molecule has 1 saturated heterocycles. The minimum absolute atomic E-state index is 0.359. The molecule has 18 heavy (non-hydrogen) atoms. The van der Waals surface area contributed by atoms with Crippen LogP contribution >= 0.6 is 0 Å². The monoisotopic (exact) mass is 252 g/mol. The largest absolute Gasteiger partial charge is 0.380 e. The van der Waals surface area contributed by atoms with Gasteiger partial charge in [0.2, 0.25) is 0 Å². The van der Waals surface area contributed by atoms with E-state index in [1.165, 1.54) is 58.2 Å². The molecule has 3 unspecified atom stereocenters. The summed E-state index contributed by atoms with van der Waals surface area (Å²) < 4.78 is 5.70. The van der Waals surface area contributed by atoms with Crippen LogP contribution in [0.5, 0.6) is 0 Å². The second-order valence-electron chi connectivity index (χ2n) is 6.71. The summed E-state index contributed by atoms with van der Waals surface area (Å²) in [5.41, 5.74) is 0.359. The fourth-order valence-electron chi connectivity index (χ4n) is 4.09. The Morgan fingerprint density at radius 1 is 1.17 bits per heavy atom. The minimum atomic E-state index is 0.359. The molecule has 3 aliphatic rings. The third kappa shape index (κ3) is 2.45. The quantitative estimate of drug-likeness (QED) is 0.831. The molecule has 3 heteroatoms. The lowest BCUT2D eigenvalue weighted by Gasteiger charge is -2.38. The highest BCUT2D eigenvalue weighted by molar-refractivity contribution is 5.02. The van der Waals surface area contributed by atoms with Crippen LogP contribution in [0.1, 0.15) is 45.4 Å². The molecule has 3 atom stereocenters. The molecule has 0 aromatic heterocycles. The highest BCUT2D eigenvalue weighted by atomic mass is 16.5. The zero-order chi connectivity index (χ0) is 12.6. The van der Waals surface area contributed by atoms with Crippen molar-refractivity contribution in [2.75, 3.05) is 26.7 Å². The van der Waals surface area contributed by atoms with Crippen LogP contribution in [0.15, 0.2) is 0 Å². The van der Waals surface area contributed by atoms with E-state index in [1.807, 2.05) is 7.11 Å². The van der Waals surface area contributed by atoms with E-state index in [0.717, 1.165) is 5.92 Å². The van der Waals surface area contributed by atoms with Crippen molar-refractivity contribution in [2.24, 2.45) is 5.92 Å². The Bertz CT molecular complexity index is 292. The molecule has 1 heterocycles. The van der Waals surface area contributed by atoms with Gasteiger partial charge in [0, 0.05) is 25.2 Å². The summed E-state index contributed by atoms with van der Waals surface area (Å²) in [6.45, 7) is 6.11. The van der Waals surface area contributed by atoms with Gasteiger partial charge in [-0.1, -0.05) is 0 Å². The topological polar surface area (TPSA) is 24.5 Å². The molecule has 0 aromatic carbocycles. The van der Waals surface area contributed by atoms with E-state index >= 15 is 0 Å². The van der Waals surface area contributed by atoms with Crippen molar-refractivity contribution in [3.63, 3.8) is 0 Å². The molecule has 3 fully saturated rings. The first-order valence-electron chi connectivity index (χ1n) is 7.75. The van der Waals surface area contributed by atoms with Crippen LogP contribution in [0.2, 0.25) is 0 Å². The fourth-order valence-corrected chi connectivity index (χ4v) is 4.09. The van der Waals surface area contributed by atoms with E-state index in [4.69, 9.17) is 4.74 Å². The smallest absolute Gasteiger partial charge is 0.0726 e. The van der Waals surface area contributed by atoms with Crippen LogP contribution < -0.4 is 5.32 Å². The molecule has 1 N–H and O–H groups in total. The first-order valence-corrected chi connectivity index (χ1v) is 7.75. The van der Waals surface area contributed by atoms with Gasteiger partial charge in [0.15, 0.2) is 0 Å². The Hall–Kier alpha value is -0.120. The summed E-state index contributed by atoms with van der Waals surface area (Å²) in [6.07, 6.45) is 8.55. The molecule has 3 nitrogen and oxygen atoms in total. The third-order valence-electron chi connectivity index (χ3n) is 5.35. The number of hydrogen-bond acceptors (Lipinski definition) is 3. The van der Waals surface area contributed by atoms with Crippen molar-refractivity contribution in [2.45, 2.75) is 63.1 Å². The van der Waals surface area contributed by atoms with E-state index in [9.17, 15) is 0 Å². The van der Waals surface area contributed by atoms with Crippen LogP contribution in [0.3, 0.4) is 0 Å². The molecular formula is C15H28N2O. The van der Waals surface area contributed by atoms with Gasteiger partial charge in [-0.15, -0.1) is 0 Å². The second kappa shape index (κ2) is 5.10. The molecule has 2 aliphatic carbocycles. The molecule has 0 bridgehead atoms. The van der Waals surface area contributed by atoms with Gasteiger partial charge >= 0.3 is 0 Å². The lowest BCUT2D eigenvalue weighted by molar-refractivity contribution is 0.0249. The van der Waals surface area contributed by atoms with Crippen molar-refractivity contribution in [1.29, 1.82) is 0 Å². The van der Waals surface area contributed by atoms with Gasteiger partial charge in [0.1, 0.15) is 0 Å². The van der Waals surface area contributed by atoms with E-state index in [2.05, 4.69) is 17.1 Å². The molecule has 1 aliphatic heterocycles. The Labute approximate surface area is 111 Å². The fraction of sp³-hybridized carbons (Fsp3) is 1.00. The van der Waals surface area contributed by atoms with Crippen molar-refractivity contribution in [1.82, 2.24) is 10.2 Å². The maximum atomic E-state index is 5.70. The first-order chi connectivity index (χ1) is 8.73. The van der Waals surface area contributed by atoms with Crippen LogP contribution in [-0.2, 0) is 4.74 Å². The summed E-state index contributed by atoms with van der Waals surface area (Å²) in [7, 11) is 1.89. The number of rotatable bonds is 3. The van der Waals surface area contributed by atoms with E-state index in [1.54, 1.807) is 0 Å². The van der Waals surface area contributed by atoms with Gasteiger partial charge in [-0.05, 0) is 64.5 Å². The molecule has 0 spiro atoms. The van der Waals surface area contributed by atoms with E-state index < -0.39 is 0 Å². The van der Waals surface area contributed by atoms with Crippen LogP contribution in [0.25, 0.3) is 0 Å². The van der Waals surface area contributed by atoms with Crippen molar-refractivity contribution < 1.29 is 4.74 Å². The second-order valence-corrected chi connectivity index (χ2v) is 6.71. The number of ether oxygens (including phenoxy) is 1. The SMILES string of the molecule is COC1CCCC1N1CCCNC(C)(C2CC2)C1. The van der Waals surface area contributed by atoms with Gasteiger partial charge in [-0.2, -0.15) is 0 Å². The standard InChI is InChI=1S/C15H28N2O/c1-15(12-7-8-12)11-17(10-4-9-16-15)13-5-3-6-14(13)18-2/h12-14,16H,3-11H2,1-2H3. The Morgan fingerprint density at radius 2 is 2.00 bits per heavy atom. The van der Waals surface area contributed by atoms with Crippen molar-refractivity contribution in [3.05, 3.63) is 0 Å². The highest BCUT2D eigenvalue weighted by Gasteiger charge is 2.45. The van der Waals surface area contributed by atoms with Crippen LogP contribution in [-0.4, -0.2) is 49.3 Å². The highest BCUT2D eigenvalue weighted by Crippen LogP contribution is 2.41. The van der Waals surface area contributed by atoms with Crippen LogP contribution in [0.4, 0.5) is 0 Å². The number of nitrogens with zero attached hydrogens (tertiary/aromatic N) is 1. The van der Waals surface area contributed by atoms with E-state index in [0.29, 0.717) is 17.7 Å². The number of hydrogen-bond donors (Lipinski definition) is 1. The average Bonchev–Trinajstić information content (AvgIpc) is 3.14. The lowest BCUT2D eigenvalue weighted by Crippen LogP contribution is -2.54. The third-order valence-corrected chi connectivity index (χ3v) is 5.35. The molecule has 104 valence electrons. The van der Waals surface area contributed by atoms with Gasteiger partial charge in [-0.3, -0.25) is 4.90 Å². The summed E-state index contributed by atoms with van der Waals surface area (Å²) in [4.78, 5) is 2.74. The normalized spacial score (nSPS) is 43.0. The molecule has 0 radical (unpaired) electrons. The Balaban J connectivity index is 1.70. The predicted molar refractivity (Wildman–Crippen MR) is 73.8 cm³/mol. The molecule has 0 amide bonds. The Morgan fingerprint density at radius 3 is 2.72 bits per heavy atom. The predicted octanol–water partition coefficient (Wildman–Crippen LogP) is 2.02. The minimum Gasteiger partial charge on any atom is -0.380 e. The lowest BCUT2D eigenvalue weighted by atomic mass is 9.94. The number of nitrogens with one attached hydrogen (secondary N) is 1. The zero-order valence-electron chi connectivity index (χ0n) is 12.0. The summed E-state index contributed by atoms with van der Waals surface area (Å²) in [6, 6.07) is 0.674. The van der Waals surface area contributed by atoms with Gasteiger partial charge < -0.3 is 10.1 Å². The van der Waals surface area contributed by atoms with Crippen molar-refractivity contribution in [3.8, 4) is 0 Å². The van der Waals surface area contributed by atoms with Gasteiger partial charge in [0.25, 0.3) is 0 Å². The summed E-state index contributed by atoms with van der Waals surface area (Å²) >= 11 is 0.